The lowest BCUT2D eigenvalue weighted by Crippen LogP contribution is -2.35. The Morgan fingerprint density at radius 2 is 1.88 bits per heavy atom. The standard InChI is InChI=1S/C28H33N9O3S/c1-36-10-8-21(35-36)16-30-28(38)31-20-4-2-19(3-5-20)25-32-26(23-17-29-9-13-40-23)34-27(33-25)24-7-6-22(41-24)18-37-11-14-39-15-12-37/h2-8,10,23,29H,9,11-18H2,1H3,(H2,30,31,38). The first-order chi connectivity index (χ1) is 20.1. The van der Waals surface area contributed by atoms with E-state index in [2.05, 4.69) is 38.1 Å². The lowest BCUT2D eigenvalue weighted by atomic mass is 10.2. The molecule has 12 nitrogen and oxygen atoms in total. The maximum atomic E-state index is 12.4. The zero-order valence-electron chi connectivity index (χ0n) is 22.9. The highest BCUT2D eigenvalue weighted by molar-refractivity contribution is 7.15. The van der Waals surface area contributed by atoms with Crippen molar-refractivity contribution in [2.75, 3.05) is 51.3 Å². The molecule has 0 spiro atoms. The number of ether oxygens (including phenoxy) is 2. The van der Waals surface area contributed by atoms with Gasteiger partial charge in [0.05, 0.1) is 36.9 Å². The number of anilines is 1. The molecule has 13 heteroatoms. The predicted molar refractivity (Wildman–Crippen MR) is 155 cm³/mol. The Balaban J connectivity index is 1.19. The highest BCUT2D eigenvalue weighted by Crippen LogP contribution is 2.30. The van der Waals surface area contributed by atoms with E-state index in [-0.39, 0.29) is 12.1 Å². The molecular weight excluding hydrogens is 542 g/mol. The van der Waals surface area contributed by atoms with Gasteiger partial charge in [-0.1, -0.05) is 0 Å². The summed E-state index contributed by atoms with van der Waals surface area (Å²) in [7, 11) is 1.84. The molecular formula is C28H33N9O3S. The van der Waals surface area contributed by atoms with Gasteiger partial charge in [-0.05, 0) is 42.5 Å². The van der Waals surface area contributed by atoms with Gasteiger partial charge in [-0.3, -0.25) is 9.58 Å². The average molecular weight is 576 g/mol. The van der Waals surface area contributed by atoms with Gasteiger partial charge in [0.2, 0.25) is 0 Å². The maximum absolute atomic E-state index is 12.4. The molecule has 1 atom stereocenters. The zero-order valence-corrected chi connectivity index (χ0v) is 23.7. The molecule has 1 unspecified atom stereocenters. The first kappa shape index (κ1) is 27.4. The Morgan fingerprint density at radius 1 is 1.05 bits per heavy atom. The molecule has 0 bridgehead atoms. The van der Waals surface area contributed by atoms with Crippen LogP contribution in [0, 0.1) is 0 Å². The van der Waals surface area contributed by atoms with Crippen LogP contribution in [0.5, 0.6) is 0 Å². The highest BCUT2D eigenvalue weighted by atomic mass is 32.1. The van der Waals surface area contributed by atoms with Crippen LogP contribution in [0.2, 0.25) is 0 Å². The fourth-order valence-corrected chi connectivity index (χ4v) is 5.66. The summed E-state index contributed by atoms with van der Waals surface area (Å²) in [6.45, 7) is 6.72. The second-order valence-electron chi connectivity index (χ2n) is 9.92. The molecule has 3 N–H and O–H groups in total. The number of benzene rings is 1. The zero-order chi connectivity index (χ0) is 28.0. The number of aryl methyl sites for hydroxylation is 1. The maximum Gasteiger partial charge on any atom is 0.319 e. The molecule has 0 radical (unpaired) electrons. The summed E-state index contributed by atoms with van der Waals surface area (Å²) in [5.41, 5.74) is 2.27. The van der Waals surface area contributed by atoms with Crippen LogP contribution >= 0.6 is 11.3 Å². The molecule has 0 aliphatic carbocycles. The smallest absolute Gasteiger partial charge is 0.319 e. The highest BCUT2D eigenvalue weighted by Gasteiger charge is 2.22. The molecule has 1 aromatic carbocycles. The van der Waals surface area contributed by atoms with Crippen LogP contribution in [0.3, 0.4) is 0 Å². The van der Waals surface area contributed by atoms with Gasteiger partial charge in [0.1, 0.15) is 6.10 Å². The van der Waals surface area contributed by atoms with E-state index in [1.807, 2.05) is 43.6 Å². The van der Waals surface area contributed by atoms with Crippen molar-refractivity contribution in [1.29, 1.82) is 0 Å². The van der Waals surface area contributed by atoms with E-state index in [4.69, 9.17) is 24.4 Å². The topological polar surface area (TPSA) is 131 Å². The van der Waals surface area contributed by atoms with Crippen molar-refractivity contribution in [3.05, 3.63) is 65.1 Å². The quantitative estimate of drug-likeness (QED) is 0.290. The average Bonchev–Trinajstić information content (AvgIpc) is 3.66. The normalized spacial score (nSPS) is 17.8. The van der Waals surface area contributed by atoms with Crippen molar-refractivity contribution in [3.8, 4) is 22.1 Å². The van der Waals surface area contributed by atoms with Gasteiger partial charge in [0.25, 0.3) is 0 Å². The minimum atomic E-state index is -0.305. The summed E-state index contributed by atoms with van der Waals surface area (Å²) in [6.07, 6.45) is 1.59. The summed E-state index contributed by atoms with van der Waals surface area (Å²) >= 11 is 1.70. The van der Waals surface area contributed by atoms with Crippen LogP contribution < -0.4 is 16.0 Å². The van der Waals surface area contributed by atoms with Crippen LogP contribution in [-0.4, -0.2) is 81.7 Å². The number of hydrogen-bond acceptors (Lipinski definition) is 10. The van der Waals surface area contributed by atoms with Crippen LogP contribution in [0.4, 0.5) is 10.5 Å². The molecule has 6 rings (SSSR count). The molecule has 2 fully saturated rings. The number of rotatable bonds is 8. The molecule has 214 valence electrons. The minimum Gasteiger partial charge on any atom is -0.379 e. The van der Waals surface area contributed by atoms with Gasteiger partial charge in [-0.2, -0.15) is 5.10 Å². The molecule has 2 aliphatic heterocycles. The van der Waals surface area contributed by atoms with Gasteiger partial charge >= 0.3 is 6.03 Å². The van der Waals surface area contributed by atoms with E-state index in [1.54, 1.807) is 16.0 Å². The van der Waals surface area contributed by atoms with Crippen LogP contribution in [0.15, 0.2) is 48.7 Å². The lowest BCUT2D eigenvalue weighted by molar-refractivity contribution is 0.0221. The summed E-state index contributed by atoms with van der Waals surface area (Å²) in [5, 5.41) is 13.3. The van der Waals surface area contributed by atoms with E-state index in [0.717, 1.165) is 55.5 Å². The number of hydrogen-bond donors (Lipinski definition) is 3. The van der Waals surface area contributed by atoms with Gasteiger partial charge in [0, 0.05) is 62.1 Å². The van der Waals surface area contributed by atoms with Gasteiger partial charge < -0.3 is 25.4 Å². The van der Waals surface area contributed by atoms with Crippen molar-refractivity contribution in [1.82, 2.24) is 40.3 Å². The molecule has 2 saturated heterocycles. The Bertz CT molecular complexity index is 1460. The Morgan fingerprint density at radius 3 is 2.63 bits per heavy atom. The first-order valence-electron chi connectivity index (χ1n) is 13.7. The second kappa shape index (κ2) is 12.8. The molecule has 2 aliphatic rings. The number of morpholine rings is 2. The van der Waals surface area contributed by atoms with Gasteiger partial charge in [-0.15, -0.1) is 11.3 Å². The second-order valence-corrected chi connectivity index (χ2v) is 11.1. The third-order valence-corrected chi connectivity index (χ3v) is 7.90. The largest absolute Gasteiger partial charge is 0.379 e. The summed E-state index contributed by atoms with van der Waals surface area (Å²) in [6, 6.07) is 13.3. The van der Waals surface area contributed by atoms with E-state index < -0.39 is 0 Å². The number of carbonyl (C=O) groups is 1. The Hall–Kier alpha value is -3.75. The van der Waals surface area contributed by atoms with Crippen molar-refractivity contribution >= 4 is 23.1 Å². The van der Waals surface area contributed by atoms with E-state index >= 15 is 0 Å². The predicted octanol–water partition coefficient (Wildman–Crippen LogP) is 2.82. The molecule has 3 aromatic heterocycles. The Labute approximate surface area is 242 Å². The SMILES string of the molecule is Cn1ccc(CNC(=O)Nc2ccc(-c3nc(-c4ccc(CN5CCOCC5)s4)nc(C4CNCCO4)n3)cc2)n1. The number of carbonyl (C=O) groups excluding carboxylic acids is 1. The number of thiophene rings is 1. The summed E-state index contributed by atoms with van der Waals surface area (Å²) < 4.78 is 13.2. The number of nitrogens with one attached hydrogen (secondary N) is 3. The summed E-state index contributed by atoms with van der Waals surface area (Å²) in [5.74, 6) is 1.80. The van der Waals surface area contributed by atoms with E-state index in [1.165, 1.54) is 4.88 Å². The lowest BCUT2D eigenvalue weighted by Gasteiger charge is -2.25. The van der Waals surface area contributed by atoms with Crippen molar-refractivity contribution in [2.24, 2.45) is 7.05 Å². The fraction of sp³-hybridized carbons (Fsp3) is 0.393. The molecule has 0 saturated carbocycles. The minimum absolute atomic E-state index is 0.249. The van der Waals surface area contributed by atoms with Crippen molar-refractivity contribution in [2.45, 2.75) is 19.2 Å². The molecule has 4 aromatic rings. The van der Waals surface area contributed by atoms with Crippen LogP contribution in [-0.2, 0) is 29.6 Å². The van der Waals surface area contributed by atoms with Crippen LogP contribution in [0.25, 0.3) is 22.1 Å². The molecule has 41 heavy (non-hydrogen) atoms. The number of amides is 2. The van der Waals surface area contributed by atoms with Crippen LogP contribution in [0.1, 0.15) is 22.5 Å². The third-order valence-electron chi connectivity index (χ3n) is 6.83. The van der Waals surface area contributed by atoms with Gasteiger partial charge in [-0.25, -0.2) is 19.7 Å². The molecule has 2 amide bonds. The van der Waals surface area contributed by atoms with E-state index in [0.29, 0.717) is 42.9 Å². The van der Waals surface area contributed by atoms with Crippen molar-refractivity contribution in [3.63, 3.8) is 0 Å². The number of urea groups is 1. The number of nitrogens with zero attached hydrogens (tertiary/aromatic N) is 6. The van der Waals surface area contributed by atoms with E-state index in [9.17, 15) is 4.79 Å². The Kier molecular flexibility index (Phi) is 8.58. The summed E-state index contributed by atoms with van der Waals surface area (Å²) in [4.78, 5) is 31.5. The number of aromatic nitrogens is 5. The third kappa shape index (κ3) is 7.13. The molecule has 5 heterocycles. The van der Waals surface area contributed by atoms with Gasteiger partial charge in [0.15, 0.2) is 17.5 Å². The fourth-order valence-electron chi connectivity index (χ4n) is 4.68. The monoisotopic (exact) mass is 575 g/mol. The van der Waals surface area contributed by atoms with Crippen molar-refractivity contribution < 1.29 is 14.3 Å². The first-order valence-corrected chi connectivity index (χ1v) is 14.5.